The van der Waals surface area contributed by atoms with E-state index in [1.165, 1.54) is 11.8 Å². The highest BCUT2D eigenvalue weighted by molar-refractivity contribution is 7.99. The summed E-state index contributed by atoms with van der Waals surface area (Å²) >= 11 is 1.28. The Morgan fingerprint density at radius 3 is 2.80 bits per heavy atom. The Bertz CT molecular complexity index is 405. The van der Waals surface area contributed by atoms with Crippen LogP contribution in [0.3, 0.4) is 0 Å². The molecule has 1 aromatic rings. The van der Waals surface area contributed by atoms with Gasteiger partial charge in [0, 0.05) is 18.4 Å². The van der Waals surface area contributed by atoms with Gasteiger partial charge < -0.3 is 14.6 Å². The van der Waals surface area contributed by atoms with Crippen LogP contribution >= 0.6 is 11.8 Å². The number of carboxylic acid groups (broad SMARTS) is 1. The summed E-state index contributed by atoms with van der Waals surface area (Å²) in [5.74, 6) is -0.748. The zero-order valence-electron chi connectivity index (χ0n) is 12.6. The fraction of sp³-hybridized carbons (Fsp3) is 0.714. The maximum atomic E-state index is 10.6. The summed E-state index contributed by atoms with van der Waals surface area (Å²) in [4.78, 5) is 17.3. The number of carbonyl (C=O) groups is 1. The van der Waals surface area contributed by atoms with Crippen molar-refractivity contribution >= 4 is 17.7 Å². The monoisotopic (exact) mass is 299 g/mol. The number of carboxylic acids is 1. The SMILES string of the molecule is CCN(CC)CCCC(C)n1ccnc1SCC(=O)O. The largest absolute Gasteiger partial charge is 0.481 e. The lowest BCUT2D eigenvalue weighted by Gasteiger charge is -2.20. The van der Waals surface area contributed by atoms with Gasteiger partial charge in [0.25, 0.3) is 0 Å². The Morgan fingerprint density at radius 1 is 1.50 bits per heavy atom. The topological polar surface area (TPSA) is 58.4 Å². The van der Waals surface area contributed by atoms with Crippen LogP contribution in [-0.2, 0) is 4.79 Å². The minimum Gasteiger partial charge on any atom is -0.481 e. The van der Waals surface area contributed by atoms with E-state index in [0.717, 1.165) is 37.6 Å². The molecule has 0 aromatic carbocycles. The molecule has 1 rings (SSSR count). The molecule has 1 heterocycles. The Hall–Kier alpha value is -1.01. The van der Waals surface area contributed by atoms with E-state index >= 15 is 0 Å². The third kappa shape index (κ3) is 5.54. The smallest absolute Gasteiger partial charge is 0.313 e. The van der Waals surface area contributed by atoms with Crippen molar-refractivity contribution in [3.63, 3.8) is 0 Å². The quantitative estimate of drug-likeness (QED) is 0.673. The molecule has 1 aromatic heterocycles. The maximum Gasteiger partial charge on any atom is 0.313 e. The molecule has 0 saturated heterocycles. The van der Waals surface area contributed by atoms with Crippen LogP contribution in [0.1, 0.15) is 39.7 Å². The van der Waals surface area contributed by atoms with Crippen LogP contribution in [0.15, 0.2) is 17.6 Å². The molecule has 0 saturated carbocycles. The Kier molecular flexibility index (Phi) is 7.69. The zero-order valence-corrected chi connectivity index (χ0v) is 13.4. The average molecular weight is 299 g/mol. The summed E-state index contributed by atoms with van der Waals surface area (Å²) in [6, 6.07) is 0.351. The molecule has 114 valence electrons. The van der Waals surface area contributed by atoms with Crippen molar-refractivity contribution in [2.75, 3.05) is 25.4 Å². The number of thioether (sulfide) groups is 1. The van der Waals surface area contributed by atoms with Gasteiger partial charge in [-0.15, -0.1) is 0 Å². The van der Waals surface area contributed by atoms with Gasteiger partial charge >= 0.3 is 5.97 Å². The van der Waals surface area contributed by atoms with Crippen LogP contribution in [0.25, 0.3) is 0 Å². The number of hydrogen-bond acceptors (Lipinski definition) is 4. The lowest BCUT2D eigenvalue weighted by atomic mass is 10.1. The number of imidazole rings is 1. The number of aliphatic carboxylic acids is 1. The molecule has 0 aliphatic heterocycles. The number of aromatic nitrogens is 2. The molecule has 0 aliphatic carbocycles. The van der Waals surface area contributed by atoms with Crippen molar-refractivity contribution in [1.82, 2.24) is 14.5 Å². The zero-order chi connectivity index (χ0) is 15.0. The third-order valence-electron chi connectivity index (χ3n) is 3.42. The third-order valence-corrected chi connectivity index (χ3v) is 4.39. The molecule has 20 heavy (non-hydrogen) atoms. The summed E-state index contributed by atoms with van der Waals surface area (Å²) < 4.78 is 2.08. The van der Waals surface area contributed by atoms with E-state index in [4.69, 9.17) is 5.11 Å². The van der Waals surface area contributed by atoms with Crippen molar-refractivity contribution in [2.45, 2.75) is 44.8 Å². The molecule has 5 nitrogen and oxygen atoms in total. The first kappa shape index (κ1) is 17.0. The van der Waals surface area contributed by atoms with Gasteiger partial charge in [-0.3, -0.25) is 4.79 Å². The van der Waals surface area contributed by atoms with Crippen molar-refractivity contribution in [1.29, 1.82) is 0 Å². The minimum absolute atomic E-state index is 0.0587. The van der Waals surface area contributed by atoms with Gasteiger partial charge in [-0.25, -0.2) is 4.98 Å². The molecule has 0 fully saturated rings. The van der Waals surface area contributed by atoms with Crippen molar-refractivity contribution in [3.8, 4) is 0 Å². The van der Waals surface area contributed by atoms with Crippen LogP contribution in [0.4, 0.5) is 0 Å². The standard InChI is InChI=1S/C14H25N3O2S/c1-4-16(5-2)9-6-7-12(3)17-10-8-15-14(17)20-11-13(18)19/h8,10,12H,4-7,9,11H2,1-3H3,(H,18,19). The van der Waals surface area contributed by atoms with Gasteiger partial charge in [0.05, 0.1) is 5.75 Å². The van der Waals surface area contributed by atoms with E-state index in [0.29, 0.717) is 6.04 Å². The van der Waals surface area contributed by atoms with Gasteiger partial charge in [0.15, 0.2) is 5.16 Å². The lowest BCUT2D eigenvalue weighted by molar-refractivity contribution is -0.133. The molecule has 1 atom stereocenters. The van der Waals surface area contributed by atoms with Gasteiger partial charge in [-0.05, 0) is 39.4 Å². The minimum atomic E-state index is -0.807. The van der Waals surface area contributed by atoms with E-state index in [9.17, 15) is 4.79 Å². The summed E-state index contributed by atoms with van der Waals surface area (Å²) in [5, 5.41) is 9.53. The van der Waals surface area contributed by atoms with E-state index in [-0.39, 0.29) is 5.75 Å². The first-order chi connectivity index (χ1) is 9.58. The predicted molar refractivity (Wildman–Crippen MR) is 82.3 cm³/mol. The van der Waals surface area contributed by atoms with E-state index in [2.05, 4.69) is 35.2 Å². The Balaban J connectivity index is 2.44. The van der Waals surface area contributed by atoms with Crippen LogP contribution in [0, 0.1) is 0 Å². The molecule has 0 amide bonds. The average Bonchev–Trinajstić information content (AvgIpc) is 2.89. The van der Waals surface area contributed by atoms with Crippen LogP contribution in [-0.4, -0.2) is 50.9 Å². The van der Waals surface area contributed by atoms with Crippen LogP contribution in [0.5, 0.6) is 0 Å². The summed E-state index contributed by atoms with van der Waals surface area (Å²) in [6.07, 6.45) is 5.90. The van der Waals surface area contributed by atoms with Gasteiger partial charge in [-0.1, -0.05) is 25.6 Å². The van der Waals surface area contributed by atoms with Gasteiger partial charge in [0.1, 0.15) is 0 Å². The molecule has 0 bridgehead atoms. The molecule has 6 heteroatoms. The second-order valence-electron chi connectivity index (χ2n) is 4.82. The summed E-state index contributed by atoms with van der Waals surface area (Å²) in [7, 11) is 0. The van der Waals surface area contributed by atoms with Crippen LogP contribution < -0.4 is 0 Å². The van der Waals surface area contributed by atoms with E-state index < -0.39 is 5.97 Å². The Labute approximate surface area is 125 Å². The van der Waals surface area contributed by atoms with Gasteiger partial charge in [-0.2, -0.15) is 0 Å². The number of nitrogens with zero attached hydrogens (tertiary/aromatic N) is 3. The number of rotatable bonds is 10. The van der Waals surface area contributed by atoms with Gasteiger partial charge in [0.2, 0.25) is 0 Å². The summed E-state index contributed by atoms with van der Waals surface area (Å²) in [5.41, 5.74) is 0. The fourth-order valence-electron chi connectivity index (χ4n) is 2.16. The predicted octanol–water partition coefficient (Wildman–Crippen LogP) is 2.74. The fourth-order valence-corrected chi connectivity index (χ4v) is 2.94. The molecule has 0 radical (unpaired) electrons. The van der Waals surface area contributed by atoms with Crippen LogP contribution in [0.2, 0.25) is 0 Å². The second-order valence-corrected chi connectivity index (χ2v) is 5.76. The highest BCUT2D eigenvalue weighted by atomic mass is 32.2. The normalized spacial score (nSPS) is 12.8. The molecule has 1 N–H and O–H groups in total. The maximum absolute atomic E-state index is 10.6. The Morgan fingerprint density at radius 2 is 2.20 bits per heavy atom. The second kappa shape index (κ2) is 9.02. The highest BCUT2D eigenvalue weighted by Crippen LogP contribution is 2.22. The van der Waals surface area contributed by atoms with Crippen molar-refractivity contribution < 1.29 is 9.90 Å². The van der Waals surface area contributed by atoms with Crippen molar-refractivity contribution in [2.24, 2.45) is 0 Å². The van der Waals surface area contributed by atoms with E-state index in [1.807, 2.05) is 6.20 Å². The molecule has 0 aliphatic rings. The molecular formula is C14H25N3O2S. The first-order valence-corrected chi connectivity index (χ1v) is 8.16. The molecular weight excluding hydrogens is 274 g/mol. The number of hydrogen-bond donors (Lipinski definition) is 1. The molecule has 1 unspecified atom stereocenters. The first-order valence-electron chi connectivity index (χ1n) is 7.18. The molecule has 0 spiro atoms. The van der Waals surface area contributed by atoms with Crippen molar-refractivity contribution in [3.05, 3.63) is 12.4 Å². The van der Waals surface area contributed by atoms with E-state index in [1.54, 1.807) is 6.20 Å². The summed E-state index contributed by atoms with van der Waals surface area (Å²) in [6.45, 7) is 9.83. The highest BCUT2D eigenvalue weighted by Gasteiger charge is 2.12. The lowest BCUT2D eigenvalue weighted by Crippen LogP contribution is -2.24.